The first-order valence-corrected chi connectivity index (χ1v) is 21.3. The minimum Gasteiger partial charge on any atom is -0.0677 e. The third-order valence-electron chi connectivity index (χ3n) is 12.4. The van der Waals surface area contributed by atoms with Gasteiger partial charge in [-0.25, -0.2) is 0 Å². The number of hydrogen-bond acceptors (Lipinski definition) is 0. The molecule has 4 saturated carbocycles. The fourth-order valence-electron chi connectivity index (χ4n) is 10.2. The van der Waals surface area contributed by atoms with Crippen LogP contribution in [0.3, 0.4) is 0 Å². The Balaban J connectivity index is 1.64. The monoisotopic (exact) mass is 582 g/mol. The van der Waals surface area contributed by atoms with E-state index in [0.717, 1.165) is 46.3 Å². The smallest absolute Gasteiger partial charge is 0.0138 e. The Bertz CT molecular complexity index is 761. The molecule has 0 saturated heterocycles. The maximum atomic E-state index is 2.76. The van der Waals surface area contributed by atoms with Crippen LogP contribution >= 0.6 is 15.8 Å². The molecule has 1 aromatic carbocycles. The first-order chi connectivity index (χ1) is 19.7. The fourth-order valence-corrected chi connectivity index (χ4v) is 19.6. The second-order valence-corrected chi connectivity index (χ2v) is 19.6. The van der Waals surface area contributed by atoms with Crippen molar-refractivity contribution in [3.05, 3.63) is 24.3 Å². The Kier molecular flexibility index (Phi) is 12.4. The maximum Gasteiger partial charge on any atom is -0.0138 e. The molecule has 226 valence electrons. The van der Waals surface area contributed by atoms with Crippen molar-refractivity contribution in [2.45, 2.75) is 179 Å². The summed E-state index contributed by atoms with van der Waals surface area (Å²) in [5.74, 6) is 3.92. The highest BCUT2D eigenvalue weighted by molar-refractivity contribution is 7.73. The predicted octanol–water partition coefficient (Wildman–Crippen LogP) is 11.8. The van der Waals surface area contributed by atoms with Gasteiger partial charge >= 0.3 is 0 Å². The van der Waals surface area contributed by atoms with E-state index in [-0.39, 0.29) is 15.8 Å². The van der Waals surface area contributed by atoms with Gasteiger partial charge in [-0.1, -0.05) is 145 Å². The van der Waals surface area contributed by atoms with Gasteiger partial charge < -0.3 is 0 Å². The van der Waals surface area contributed by atoms with Gasteiger partial charge in [-0.05, 0) is 108 Å². The van der Waals surface area contributed by atoms with Gasteiger partial charge in [0.25, 0.3) is 0 Å². The lowest BCUT2D eigenvalue weighted by atomic mass is 9.86. The van der Waals surface area contributed by atoms with Gasteiger partial charge in [-0.15, -0.1) is 0 Å². The summed E-state index contributed by atoms with van der Waals surface area (Å²) in [6, 6.07) is 10.5. The Labute approximate surface area is 252 Å². The molecule has 4 aliphatic rings. The molecule has 0 aromatic heterocycles. The zero-order valence-corrected chi connectivity index (χ0v) is 28.8. The lowest BCUT2D eigenvalue weighted by molar-refractivity contribution is 0.334. The normalized spacial score (nSPS) is 37.1. The Morgan fingerprint density at radius 3 is 0.925 bits per heavy atom. The third kappa shape index (κ3) is 6.90. The number of benzene rings is 1. The molecular formula is C38H64P2. The molecule has 40 heavy (non-hydrogen) atoms. The van der Waals surface area contributed by atoms with Crippen molar-refractivity contribution in [1.29, 1.82) is 0 Å². The molecule has 0 nitrogen and oxygen atoms in total. The van der Waals surface area contributed by atoms with Crippen molar-refractivity contribution < 1.29 is 0 Å². The molecule has 5 rings (SSSR count). The molecular weight excluding hydrogens is 518 g/mol. The average molecular weight is 583 g/mol. The fraction of sp³-hybridized carbons (Fsp3) is 0.842. The van der Waals surface area contributed by atoms with Gasteiger partial charge in [-0.2, -0.15) is 0 Å². The predicted molar refractivity (Wildman–Crippen MR) is 184 cm³/mol. The van der Waals surface area contributed by atoms with Gasteiger partial charge in [-0.3, -0.25) is 0 Å². The van der Waals surface area contributed by atoms with E-state index in [4.69, 9.17) is 0 Å². The van der Waals surface area contributed by atoms with Gasteiger partial charge in [0.2, 0.25) is 0 Å². The summed E-state index contributed by atoms with van der Waals surface area (Å²) < 4.78 is 0. The largest absolute Gasteiger partial charge is 0.0677 e. The Hall–Kier alpha value is 0.0800. The molecule has 4 aliphatic carbocycles. The second kappa shape index (κ2) is 15.7. The van der Waals surface area contributed by atoms with Gasteiger partial charge in [0, 0.05) is 0 Å². The lowest BCUT2D eigenvalue weighted by Gasteiger charge is -2.49. The van der Waals surface area contributed by atoms with Crippen LogP contribution in [0.15, 0.2) is 24.3 Å². The quantitative estimate of drug-likeness (QED) is 0.241. The summed E-state index contributed by atoms with van der Waals surface area (Å²) >= 11 is 0. The van der Waals surface area contributed by atoms with Crippen molar-refractivity contribution in [2.75, 3.05) is 0 Å². The average Bonchev–Trinajstić information content (AvgIpc) is 3.03. The molecule has 0 bridgehead atoms. The van der Waals surface area contributed by atoms with Crippen LogP contribution in [0.25, 0.3) is 0 Å². The summed E-state index contributed by atoms with van der Waals surface area (Å²) in [4.78, 5) is 0. The van der Waals surface area contributed by atoms with E-state index in [1.54, 1.807) is 0 Å². The van der Waals surface area contributed by atoms with E-state index < -0.39 is 0 Å². The molecule has 2 heteroatoms. The topological polar surface area (TPSA) is 0 Å². The van der Waals surface area contributed by atoms with Crippen LogP contribution in [-0.4, -0.2) is 22.6 Å². The summed E-state index contributed by atoms with van der Waals surface area (Å²) in [5, 5.41) is 3.94. The van der Waals surface area contributed by atoms with E-state index >= 15 is 0 Å². The van der Waals surface area contributed by atoms with Crippen molar-refractivity contribution in [2.24, 2.45) is 23.7 Å². The zero-order valence-electron chi connectivity index (χ0n) is 27.0. The second-order valence-electron chi connectivity index (χ2n) is 14.4. The summed E-state index contributed by atoms with van der Waals surface area (Å²) in [6.07, 6.45) is 29.9. The number of rotatable bonds is 10. The van der Waals surface area contributed by atoms with E-state index in [9.17, 15) is 0 Å². The van der Waals surface area contributed by atoms with Crippen LogP contribution in [0.1, 0.15) is 156 Å². The highest BCUT2D eigenvalue weighted by atomic mass is 31.1. The molecule has 0 aliphatic heterocycles. The molecule has 0 amide bonds. The summed E-state index contributed by atoms with van der Waals surface area (Å²) in [5.41, 5.74) is 3.97. The maximum absolute atomic E-state index is 2.76. The first-order valence-electron chi connectivity index (χ1n) is 18.4. The first kappa shape index (κ1) is 31.5. The van der Waals surface area contributed by atoms with E-state index in [0.29, 0.717) is 0 Å². The highest BCUT2D eigenvalue weighted by Crippen LogP contribution is 2.63. The molecule has 1 aromatic rings. The van der Waals surface area contributed by atoms with Crippen LogP contribution in [0.4, 0.5) is 0 Å². The van der Waals surface area contributed by atoms with Crippen LogP contribution < -0.4 is 10.6 Å². The molecule has 0 radical (unpaired) electrons. The van der Waals surface area contributed by atoms with Crippen molar-refractivity contribution in [3.8, 4) is 0 Å². The minimum atomic E-state index is -0.0985. The van der Waals surface area contributed by atoms with Crippen LogP contribution in [0.2, 0.25) is 0 Å². The molecule has 8 unspecified atom stereocenters. The van der Waals surface area contributed by atoms with Crippen LogP contribution in [-0.2, 0) is 0 Å². The molecule has 4 fully saturated rings. The van der Waals surface area contributed by atoms with Crippen LogP contribution in [0.5, 0.6) is 0 Å². The van der Waals surface area contributed by atoms with Gasteiger partial charge in [0.1, 0.15) is 0 Å². The minimum absolute atomic E-state index is 0.0985. The summed E-state index contributed by atoms with van der Waals surface area (Å²) in [6.45, 7) is 10.1. The molecule has 0 heterocycles. The van der Waals surface area contributed by atoms with Crippen molar-refractivity contribution in [3.63, 3.8) is 0 Å². The van der Waals surface area contributed by atoms with E-state index in [1.165, 1.54) is 128 Å². The Morgan fingerprint density at radius 2 is 0.675 bits per heavy atom. The lowest BCUT2D eigenvalue weighted by Crippen LogP contribution is -2.42. The Morgan fingerprint density at radius 1 is 0.425 bits per heavy atom. The highest BCUT2D eigenvalue weighted by Gasteiger charge is 2.44. The van der Waals surface area contributed by atoms with Gasteiger partial charge in [0.15, 0.2) is 0 Å². The van der Waals surface area contributed by atoms with Crippen molar-refractivity contribution >= 4 is 26.5 Å². The van der Waals surface area contributed by atoms with Gasteiger partial charge in [0.05, 0.1) is 0 Å². The van der Waals surface area contributed by atoms with Crippen molar-refractivity contribution in [1.82, 2.24) is 0 Å². The third-order valence-corrected chi connectivity index (χ3v) is 20.1. The molecule has 8 atom stereocenters. The summed E-state index contributed by atoms with van der Waals surface area (Å²) in [7, 11) is -0.197. The standard InChI is InChI=1S/C38H64P2/c1-5-29-19-9-13-23-33(29)39(34-24-14-10-20-30(34)6-2)37-27-17-18-28-38(37)40(35-25-15-11-21-31(35)7-3)36-26-16-12-22-32(36)8-4/h17-18,27-36H,5-16,19-26H2,1-4H3. The molecule has 0 N–H and O–H groups in total. The SMILES string of the molecule is CCC1CCCCC1P(c1ccccc1P(C1CCCCC1CC)C1CCCCC1CC)C1CCCCC1CC. The zero-order chi connectivity index (χ0) is 27.9. The van der Waals surface area contributed by atoms with E-state index in [1.807, 2.05) is 10.6 Å². The molecule has 0 spiro atoms. The van der Waals surface area contributed by atoms with Crippen LogP contribution in [0, 0.1) is 23.7 Å². The number of hydrogen-bond donors (Lipinski definition) is 0. The van der Waals surface area contributed by atoms with E-state index in [2.05, 4.69) is 52.0 Å².